The van der Waals surface area contributed by atoms with Crippen molar-refractivity contribution in [3.05, 3.63) is 83.9 Å². The van der Waals surface area contributed by atoms with Crippen molar-refractivity contribution >= 4 is 17.6 Å². The fourth-order valence-corrected chi connectivity index (χ4v) is 11.3. The Morgan fingerprint density at radius 1 is 0.905 bits per heavy atom. The fourth-order valence-electron chi connectivity index (χ4n) is 10.8. The molecule has 42 heavy (non-hydrogen) atoms. The second-order valence-electron chi connectivity index (χ2n) is 14.9. The third-order valence-electron chi connectivity index (χ3n) is 12.9. The Hall–Kier alpha value is -2.06. The van der Waals surface area contributed by atoms with Gasteiger partial charge in [0.2, 0.25) is 0 Å². The molecule has 0 aromatic heterocycles. The van der Waals surface area contributed by atoms with Crippen LogP contribution in [0.25, 0.3) is 0 Å². The number of ether oxygens (including phenoxy) is 1. The van der Waals surface area contributed by atoms with E-state index < -0.39 is 0 Å². The van der Waals surface area contributed by atoms with Crippen LogP contribution in [0.3, 0.4) is 0 Å². The summed E-state index contributed by atoms with van der Waals surface area (Å²) < 4.78 is 5.68. The maximum Gasteiger partial charge on any atom is 0.302 e. The maximum absolute atomic E-state index is 11.7. The number of carbonyl (C=O) groups excluding carboxylic acids is 1. The number of fused-ring (bicyclic) bond motifs is 5. The van der Waals surface area contributed by atoms with Gasteiger partial charge in [0.05, 0.1) is 4.87 Å². The molecule has 0 spiro atoms. The molecule has 2 aromatic carbocycles. The molecule has 2 nitrogen and oxygen atoms in total. The molecule has 0 bridgehead atoms. The lowest BCUT2D eigenvalue weighted by atomic mass is 9.44. The van der Waals surface area contributed by atoms with E-state index >= 15 is 0 Å². The summed E-state index contributed by atoms with van der Waals surface area (Å²) in [6.45, 7) is 9.22. The molecule has 0 aliphatic heterocycles. The summed E-state index contributed by atoms with van der Waals surface area (Å²) in [6, 6.07) is 21.9. The van der Waals surface area contributed by atoms with Gasteiger partial charge in [0.1, 0.15) is 6.10 Å². The minimum Gasteiger partial charge on any atom is -0.462 e. The van der Waals surface area contributed by atoms with Crippen LogP contribution in [0.4, 0.5) is 0 Å². The zero-order valence-corrected chi connectivity index (χ0v) is 27.0. The standard InChI is InChI=1S/C39H51ClO2/c1-27(12-11-17-32(29-13-7-5-8-14-29)30-15-9-6-10-16-30)34-18-19-35-33-21-25-39(40)26-31(42-28(2)41)20-24-38(39,4)36(33)22-23-37(34,35)3/h5-11,13-17,27,31-36H,12,18-26H2,1-4H3/b17-11+. The normalized spacial score (nSPS) is 38.5. The number of carbonyl (C=O) groups is 1. The maximum atomic E-state index is 11.7. The van der Waals surface area contributed by atoms with Crippen LogP contribution in [0.5, 0.6) is 0 Å². The van der Waals surface area contributed by atoms with Gasteiger partial charge in [-0.1, -0.05) is 93.6 Å². The molecule has 9 atom stereocenters. The smallest absolute Gasteiger partial charge is 0.302 e. The highest BCUT2D eigenvalue weighted by molar-refractivity contribution is 6.24. The number of allylic oxidation sites excluding steroid dienone is 2. The van der Waals surface area contributed by atoms with Crippen molar-refractivity contribution in [2.24, 2.45) is 40.4 Å². The number of hydrogen-bond donors (Lipinski definition) is 0. The Balaban J connectivity index is 1.15. The zero-order valence-electron chi connectivity index (χ0n) is 26.2. The Morgan fingerprint density at radius 2 is 1.57 bits per heavy atom. The molecule has 0 heterocycles. The topological polar surface area (TPSA) is 26.3 Å². The molecule has 0 amide bonds. The van der Waals surface area contributed by atoms with Gasteiger partial charge in [-0.05, 0) is 109 Å². The summed E-state index contributed by atoms with van der Waals surface area (Å²) in [6.07, 6.45) is 16.7. The minimum absolute atomic E-state index is 0.00775. The molecule has 2 aromatic rings. The highest BCUT2D eigenvalue weighted by Crippen LogP contribution is 2.70. The van der Waals surface area contributed by atoms with E-state index in [2.05, 4.69) is 93.6 Å². The fraction of sp³-hybridized carbons (Fsp3) is 0.615. The first-order valence-corrected chi connectivity index (χ1v) is 17.1. The highest BCUT2D eigenvalue weighted by atomic mass is 35.5. The van der Waals surface area contributed by atoms with Crippen molar-refractivity contribution in [1.29, 1.82) is 0 Å². The van der Waals surface area contributed by atoms with Crippen molar-refractivity contribution < 1.29 is 9.53 Å². The summed E-state index contributed by atoms with van der Waals surface area (Å²) in [5.74, 6) is 3.92. The third-order valence-corrected chi connectivity index (χ3v) is 13.7. The third kappa shape index (κ3) is 5.29. The van der Waals surface area contributed by atoms with Crippen molar-refractivity contribution in [2.75, 3.05) is 0 Å². The predicted molar refractivity (Wildman–Crippen MR) is 174 cm³/mol. The van der Waals surface area contributed by atoms with E-state index in [4.69, 9.17) is 16.3 Å². The number of rotatable bonds is 7. The second-order valence-corrected chi connectivity index (χ2v) is 15.7. The summed E-state index contributed by atoms with van der Waals surface area (Å²) in [7, 11) is 0. The van der Waals surface area contributed by atoms with E-state index in [-0.39, 0.29) is 22.4 Å². The van der Waals surface area contributed by atoms with Crippen LogP contribution in [0.2, 0.25) is 0 Å². The monoisotopic (exact) mass is 586 g/mol. The lowest BCUT2D eigenvalue weighted by molar-refractivity contribution is -0.157. The molecule has 0 radical (unpaired) electrons. The van der Waals surface area contributed by atoms with Gasteiger partial charge in [-0.25, -0.2) is 0 Å². The quantitative estimate of drug-likeness (QED) is 0.183. The Morgan fingerprint density at radius 3 is 2.21 bits per heavy atom. The number of benzene rings is 2. The molecule has 0 saturated heterocycles. The summed E-state index contributed by atoms with van der Waals surface area (Å²) in [4.78, 5) is 11.5. The number of hydrogen-bond acceptors (Lipinski definition) is 2. The van der Waals surface area contributed by atoms with Gasteiger partial charge >= 0.3 is 5.97 Å². The molecular formula is C39H51ClO2. The molecule has 4 fully saturated rings. The SMILES string of the molecule is CC(=O)OC1CCC2(C)C3CCC4(C)C(C(C)C/C=C/C(c5ccccc5)c5ccccc5)CCC4C3CCC2(Cl)C1. The second kappa shape index (κ2) is 11.8. The van der Waals surface area contributed by atoms with Crippen molar-refractivity contribution in [2.45, 2.75) is 109 Å². The molecule has 9 unspecified atom stereocenters. The number of alkyl halides is 1. The van der Waals surface area contributed by atoms with Crippen LogP contribution in [0.1, 0.15) is 109 Å². The Kier molecular flexibility index (Phi) is 8.42. The molecule has 4 aliphatic carbocycles. The van der Waals surface area contributed by atoms with Gasteiger partial charge in [0, 0.05) is 19.3 Å². The lowest BCUT2D eigenvalue weighted by Gasteiger charge is -2.64. The van der Waals surface area contributed by atoms with Gasteiger partial charge in [-0.15, -0.1) is 11.6 Å². The minimum atomic E-state index is -0.232. The van der Waals surface area contributed by atoms with Gasteiger partial charge in [0.25, 0.3) is 0 Å². The summed E-state index contributed by atoms with van der Waals surface area (Å²) in [5.41, 5.74) is 3.31. The van der Waals surface area contributed by atoms with E-state index in [0.29, 0.717) is 23.2 Å². The van der Waals surface area contributed by atoms with Crippen LogP contribution < -0.4 is 0 Å². The van der Waals surface area contributed by atoms with Crippen LogP contribution in [0.15, 0.2) is 72.8 Å². The molecule has 4 aliphatic rings. The van der Waals surface area contributed by atoms with Gasteiger partial charge in [0.15, 0.2) is 0 Å². The number of esters is 1. The molecule has 4 saturated carbocycles. The average Bonchev–Trinajstić information content (AvgIpc) is 3.34. The first-order valence-electron chi connectivity index (χ1n) is 16.8. The summed E-state index contributed by atoms with van der Waals surface area (Å²) in [5, 5.41) is 0. The molecule has 3 heteroatoms. The van der Waals surface area contributed by atoms with Crippen LogP contribution in [-0.2, 0) is 9.53 Å². The van der Waals surface area contributed by atoms with Crippen molar-refractivity contribution in [3.63, 3.8) is 0 Å². The predicted octanol–water partition coefficient (Wildman–Crippen LogP) is 10.4. The molecular weight excluding hydrogens is 536 g/mol. The van der Waals surface area contributed by atoms with E-state index in [1.54, 1.807) is 0 Å². The largest absolute Gasteiger partial charge is 0.462 e. The Bertz CT molecular complexity index is 1220. The van der Waals surface area contributed by atoms with Gasteiger partial charge < -0.3 is 4.74 Å². The van der Waals surface area contributed by atoms with E-state index in [1.807, 2.05) is 0 Å². The van der Waals surface area contributed by atoms with E-state index in [1.165, 1.54) is 50.2 Å². The zero-order chi connectivity index (χ0) is 29.5. The number of halogens is 1. The highest BCUT2D eigenvalue weighted by Gasteiger charge is 2.64. The van der Waals surface area contributed by atoms with Gasteiger partial charge in [-0.2, -0.15) is 0 Å². The average molecular weight is 587 g/mol. The lowest BCUT2D eigenvalue weighted by Crippen LogP contribution is -2.60. The van der Waals surface area contributed by atoms with Crippen molar-refractivity contribution in [1.82, 2.24) is 0 Å². The molecule has 0 N–H and O–H groups in total. The Labute approximate surface area is 259 Å². The molecule has 226 valence electrons. The van der Waals surface area contributed by atoms with Crippen LogP contribution in [0, 0.1) is 40.4 Å². The van der Waals surface area contributed by atoms with Crippen LogP contribution >= 0.6 is 11.6 Å². The van der Waals surface area contributed by atoms with E-state index in [0.717, 1.165) is 49.9 Å². The van der Waals surface area contributed by atoms with Crippen LogP contribution in [-0.4, -0.2) is 16.9 Å². The molecule has 6 rings (SSSR count). The first-order chi connectivity index (χ1) is 20.1. The first kappa shape index (κ1) is 30.0. The van der Waals surface area contributed by atoms with Gasteiger partial charge in [-0.3, -0.25) is 4.79 Å². The summed E-state index contributed by atoms with van der Waals surface area (Å²) >= 11 is 7.55. The van der Waals surface area contributed by atoms with Crippen molar-refractivity contribution in [3.8, 4) is 0 Å². The van der Waals surface area contributed by atoms with E-state index in [9.17, 15) is 4.79 Å².